The smallest absolute Gasteiger partial charge is 0.265 e. The number of nitrogens with two attached hydrogens (primary N) is 1. The maximum absolute atomic E-state index is 11.3. The van der Waals surface area contributed by atoms with Crippen LogP contribution in [0.1, 0.15) is 21.6 Å². The molecule has 0 fully saturated rings. The fourth-order valence-electron chi connectivity index (χ4n) is 1.71. The number of nitrogens with one attached hydrogen (secondary N) is 1. The normalized spacial score (nSPS) is 10.3. The average molecular weight is 260 g/mol. The molecule has 2 aromatic rings. The van der Waals surface area contributed by atoms with Crippen LogP contribution in [0.3, 0.4) is 0 Å². The number of rotatable bonds is 4. The molecule has 19 heavy (non-hydrogen) atoms. The minimum absolute atomic E-state index is 0.310. The maximum atomic E-state index is 11.3. The Morgan fingerprint density at radius 2 is 2.11 bits per heavy atom. The summed E-state index contributed by atoms with van der Waals surface area (Å²) < 4.78 is 7.33. The van der Waals surface area contributed by atoms with E-state index in [2.05, 4.69) is 10.5 Å². The molecule has 0 unspecified atom stereocenters. The Balaban J connectivity index is 2.00. The number of carbonyl (C=O) groups is 1. The van der Waals surface area contributed by atoms with E-state index in [1.165, 1.54) is 0 Å². The minimum atomic E-state index is -0.310. The quantitative estimate of drug-likeness (QED) is 0.486. The molecular weight excluding hydrogens is 244 g/mol. The number of nitrogens with zero attached hydrogens (tertiary/aromatic N) is 2. The highest BCUT2D eigenvalue weighted by atomic mass is 16.5. The molecule has 0 saturated carbocycles. The van der Waals surface area contributed by atoms with E-state index in [1.54, 1.807) is 16.8 Å². The third kappa shape index (κ3) is 3.11. The molecule has 3 N–H and O–H groups in total. The summed E-state index contributed by atoms with van der Waals surface area (Å²) in [6.45, 7) is 2.33. The topological polar surface area (TPSA) is 82.2 Å². The number of benzene rings is 1. The van der Waals surface area contributed by atoms with Crippen molar-refractivity contribution in [2.24, 2.45) is 12.9 Å². The second-order valence-corrected chi connectivity index (χ2v) is 4.21. The molecule has 6 heteroatoms. The molecular formula is C13H16N4O2. The van der Waals surface area contributed by atoms with E-state index in [0.29, 0.717) is 18.1 Å². The molecule has 0 spiro atoms. The highest BCUT2D eigenvalue weighted by molar-refractivity contribution is 5.93. The number of hydrogen-bond acceptors (Lipinski definition) is 4. The van der Waals surface area contributed by atoms with Gasteiger partial charge in [0.25, 0.3) is 5.91 Å². The van der Waals surface area contributed by atoms with Crippen LogP contribution in [0.5, 0.6) is 5.88 Å². The summed E-state index contributed by atoms with van der Waals surface area (Å²) in [6.07, 6.45) is 0. The van der Waals surface area contributed by atoms with Crippen LogP contribution in [0, 0.1) is 6.92 Å². The zero-order valence-electron chi connectivity index (χ0n) is 10.9. The lowest BCUT2D eigenvalue weighted by Crippen LogP contribution is -2.29. The number of amides is 1. The molecule has 0 aliphatic rings. The van der Waals surface area contributed by atoms with Crippen molar-refractivity contribution in [3.8, 4) is 5.88 Å². The zero-order chi connectivity index (χ0) is 13.8. The zero-order valence-corrected chi connectivity index (χ0v) is 10.9. The molecule has 0 aliphatic heterocycles. The highest BCUT2D eigenvalue weighted by Crippen LogP contribution is 2.13. The van der Waals surface area contributed by atoms with Crippen LogP contribution >= 0.6 is 0 Å². The predicted octanol–water partition coefficient (Wildman–Crippen LogP) is 0.911. The third-order valence-corrected chi connectivity index (χ3v) is 2.69. The van der Waals surface area contributed by atoms with Crippen molar-refractivity contribution in [3.05, 3.63) is 47.2 Å². The van der Waals surface area contributed by atoms with Crippen molar-refractivity contribution in [2.45, 2.75) is 13.5 Å². The summed E-state index contributed by atoms with van der Waals surface area (Å²) in [4.78, 5) is 11.3. The van der Waals surface area contributed by atoms with Gasteiger partial charge in [-0.15, -0.1) is 0 Å². The van der Waals surface area contributed by atoms with Gasteiger partial charge in [-0.05, 0) is 24.6 Å². The van der Waals surface area contributed by atoms with E-state index in [1.807, 2.05) is 32.2 Å². The fourth-order valence-corrected chi connectivity index (χ4v) is 1.71. The summed E-state index contributed by atoms with van der Waals surface area (Å²) in [6, 6.07) is 8.93. The van der Waals surface area contributed by atoms with Crippen LogP contribution in [0.15, 0.2) is 30.3 Å². The Hall–Kier alpha value is -2.34. The average Bonchev–Trinajstić information content (AvgIpc) is 2.74. The molecule has 0 aliphatic carbocycles. The number of hydrazine groups is 1. The van der Waals surface area contributed by atoms with Crippen molar-refractivity contribution >= 4 is 5.91 Å². The first-order chi connectivity index (χ1) is 9.10. The van der Waals surface area contributed by atoms with Crippen LogP contribution in [0.4, 0.5) is 0 Å². The molecule has 1 heterocycles. The van der Waals surface area contributed by atoms with Crippen LogP contribution < -0.4 is 16.0 Å². The van der Waals surface area contributed by atoms with Gasteiger partial charge in [0.15, 0.2) is 0 Å². The molecule has 6 nitrogen and oxygen atoms in total. The molecule has 0 radical (unpaired) electrons. The van der Waals surface area contributed by atoms with Crippen molar-refractivity contribution < 1.29 is 9.53 Å². The Morgan fingerprint density at radius 3 is 2.63 bits per heavy atom. The summed E-state index contributed by atoms with van der Waals surface area (Å²) in [5.41, 5.74) is 4.48. The lowest BCUT2D eigenvalue weighted by atomic mass is 10.1. The van der Waals surface area contributed by atoms with Crippen molar-refractivity contribution in [1.82, 2.24) is 15.2 Å². The van der Waals surface area contributed by atoms with Crippen molar-refractivity contribution in [2.75, 3.05) is 0 Å². The second-order valence-electron chi connectivity index (χ2n) is 4.21. The largest absolute Gasteiger partial charge is 0.473 e. The van der Waals surface area contributed by atoms with Gasteiger partial charge in [0.2, 0.25) is 5.88 Å². The van der Waals surface area contributed by atoms with Gasteiger partial charge in [0, 0.05) is 18.7 Å². The Labute approximate surface area is 111 Å². The monoisotopic (exact) mass is 260 g/mol. The third-order valence-electron chi connectivity index (χ3n) is 2.69. The maximum Gasteiger partial charge on any atom is 0.265 e. The van der Waals surface area contributed by atoms with Gasteiger partial charge < -0.3 is 4.74 Å². The van der Waals surface area contributed by atoms with Crippen LogP contribution in [-0.2, 0) is 13.7 Å². The number of nitrogen functional groups attached to an aromatic ring is 1. The summed E-state index contributed by atoms with van der Waals surface area (Å²) in [5.74, 6) is 5.46. The molecule has 0 saturated heterocycles. The van der Waals surface area contributed by atoms with Gasteiger partial charge in [-0.25, -0.2) is 10.5 Å². The van der Waals surface area contributed by atoms with E-state index in [-0.39, 0.29) is 5.91 Å². The van der Waals surface area contributed by atoms with Gasteiger partial charge in [0.1, 0.15) is 6.61 Å². The molecule has 1 aromatic carbocycles. The van der Waals surface area contributed by atoms with Gasteiger partial charge in [-0.3, -0.25) is 10.2 Å². The molecule has 100 valence electrons. The predicted molar refractivity (Wildman–Crippen MR) is 70.4 cm³/mol. The van der Waals surface area contributed by atoms with Crippen LogP contribution in [-0.4, -0.2) is 15.7 Å². The number of aromatic nitrogens is 2. The van der Waals surface area contributed by atoms with E-state index in [0.717, 1.165) is 11.3 Å². The highest BCUT2D eigenvalue weighted by Gasteiger charge is 2.05. The minimum Gasteiger partial charge on any atom is -0.473 e. The Kier molecular flexibility index (Phi) is 3.82. The summed E-state index contributed by atoms with van der Waals surface area (Å²) in [7, 11) is 1.83. The number of hydrogen-bond donors (Lipinski definition) is 2. The summed E-state index contributed by atoms with van der Waals surface area (Å²) in [5, 5.41) is 4.20. The van der Waals surface area contributed by atoms with E-state index in [9.17, 15) is 4.79 Å². The van der Waals surface area contributed by atoms with Gasteiger partial charge >= 0.3 is 0 Å². The number of ether oxygens (including phenoxy) is 1. The molecule has 2 rings (SSSR count). The molecule has 0 atom stereocenters. The first-order valence-corrected chi connectivity index (χ1v) is 5.83. The van der Waals surface area contributed by atoms with E-state index in [4.69, 9.17) is 10.6 Å². The molecule has 1 aromatic heterocycles. The lowest BCUT2D eigenvalue weighted by molar-refractivity contribution is 0.0953. The van der Waals surface area contributed by atoms with Gasteiger partial charge in [-0.1, -0.05) is 12.1 Å². The second kappa shape index (κ2) is 5.53. The van der Waals surface area contributed by atoms with Crippen LogP contribution in [0.2, 0.25) is 0 Å². The lowest BCUT2D eigenvalue weighted by Gasteiger charge is -2.06. The van der Waals surface area contributed by atoms with Crippen molar-refractivity contribution in [1.29, 1.82) is 0 Å². The Morgan fingerprint density at radius 1 is 1.42 bits per heavy atom. The number of aryl methyl sites for hydroxylation is 2. The van der Waals surface area contributed by atoms with Gasteiger partial charge in [-0.2, -0.15) is 5.10 Å². The van der Waals surface area contributed by atoms with E-state index >= 15 is 0 Å². The van der Waals surface area contributed by atoms with E-state index < -0.39 is 0 Å². The Bertz CT molecular complexity index is 575. The standard InChI is InChI=1S/C13H16N4O2/c1-9-7-12(17(2)16-9)19-8-10-3-5-11(6-4-10)13(18)15-14/h3-7H,8,14H2,1-2H3,(H,15,18). The van der Waals surface area contributed by atoms with Crippen molar-refractivity contribution in [3.63, 3.8) is 0 Å². The summed E-state index contributed by atoms with van der Waals surface area (Å²) >= 11 is 0. The molecule has 1 amide bonds. The van der Waals surface area contributed by atoms with Crippen LogP contribution in [0.25, 0.3) is 0 Å². The molecule has 0 bridgehead atoms. The fraction of sp³-hybridized carbons (Fsp3) is 0.231. The first-order valence-electron chi connectivity index (χ1n) is 5.83. The first kappa shape index (κ1) is 13.1. The number of carbonyl (C=O) groups excluding carboxylic acids is 1. The van der Waals surface area contributed by atoms with Gasteiger partial charge in [0.05, 0.1) is 5.69 Å². The SMILES string of the molecule is Cc1cc(OCc2ccc(C(=O)NN)cc2)n(C)n1.